The van der Waals surface area contributed by atoms with E-state index in [-0.39, 0.29) is 18.4 Å². The van der Waals surface area contributed by atoms with Crippen LogP contribution in [0.4, 0.5) is 0 Å². The highest BCUT2D eigenvalue weighted by Gasteiger charge is 2.11. The molecule has 0 aliphatic rings. The number of carbonyl (C=O) groups excluding carboxylic acids is 1. The Morgan fingerprint density at radius 1 is 1.24 bits per heavy atom. The summed E-state index contributed by atoms with van der Waals surface area (Å²) < 4.78 is 13.0. The van der Waals surface area contributed by atoms with Gasteiger partial charge < -0.3 is 14.8 Å². The molecule has 0 aliphatic carbocycles. The van der Waals surface area contributed by atoms with Gasteiger partial charge in [0.25, 0.3) is 5.91 Å². The predicted molar refractivity (Wildman–Crippen MR) is 97.0 cm³/mol. The van der Waals surface area contributed by atoms with E-state index in [2.05, 4.69) is 23.4 Å². The Kier molecular flexibility index (Phi) is 6.86. The van der Waals surface area contributed by atoms with Crippen molar-refractivity contribution in [1.29, 1.82) is 0 Å². The quantitative estimate of drug-likeness (QED) is 0.759. The lowest BCUT2D eigenvalue weighted by Crippen LogP contribution is -2.33. The number of ether oxygens (including phenoxy) is 2. The summed E-state index contributed by atoms with van der Waals surface area (Å²) in [7, 11) is 0. The molecule has 0 saturated heterocycles. The molecule has 0 fully saturated rings. The lowest BCUT2D eigenvalue weighted by atomic mass is 10.2. The monoisotopic (exact) mass is 345 g/mol. The average molecular weight is 345 g/mol. The van der Waals surface area contributed by atoms with Crippen LogP contribution in [0.1, 0.15) is 25.2 Å². The number of carbonyl (C=O) groups is 1. The maximum Gasteiger partial charge on any atom is 0.257 e. The van der Waals surface area contributed by atoms with Gasteiger partial charge in [0, 0.05) is 18.8 Å². The summed E-state index contributed by atoms with van der Waals surface area (Å²) in [6.45, 7) is 9.88. The zero-order chi connectivity index (χ0) is 18.2. The minimum Gasteiger partial charge on any atom is -0.490 e. The van der Waals surface area contributed by atoms with Gasteiger partial charge >= 0.3 is 0 Å². The number of para-hydroxylation sites is 2. The molecule has 0 bridgehead atoms. The fraction of sp³-hybridized carbons (Fsp3) is 0.474. The smallest absolute Gasteiger partial charge is 0.257 e. The fourth-order valence-electron chi connectivity index (χ4n) is 2.55. The summed E-state index contributed by atoms with van der Waals surface area (Å²) >= 11 is 0. The van der Waals surface area contributed by atoms with Gasteiger partial charge in [0.15, 0.2) is 18.1 Å². The number of nitrogens with zero attached hydrogens (tertiary/aromatic N) is 2. The van der Waals surface area contributed by atoms with Crippen LogP contribution in [0.2, 0.25) is 0 Å². The van der Waals surface area contributed by atoms with Crippen LogP contribution in [0.5, 0.6) is 11.5 Å². The van der Waals surface area contributed by atoms with Crippen LogP contribution in [0.3, 0.4) is 0 Å². The van der Waals surface area contributed by atoms with Gasteiger partial charge in [-0.05, 0) is 44.9 Å². The van der Waals surface area contributed by atoms with Crippen molar-refractivity contribution in [3.63, 3.8) is 0 Å². The first-order valence-corrected chi connectivity index (χ1v) is 8.62. The third-order valence-electron chi connectivity index (χ3n) is 3.74. The molecule has 6 heteroatoms. The van der Waals surface area contributed by atoms with Crippen molar-refractivity contribution in [2.24, 2.45) is 5.92 Å². The maximum absolute atomic E-state index is 12.0. The second-order valence-corrected chi connectivity index (χ2v) is 6.19. The third kappa shape index (κ3) is 5.81. The average Bonchev–Trinajstić information content (AvgIpc) is 2.89. The fourth-order valence-corrected chi connectivity index (χ4v) is 2.55. The number of rotatable bonds is 9. The first kappa shape index (κ1) is 18.8. The second-order valence-electron chi connectivity index (χ2n) is 6.19. The molecule has 1 aromatic heterocycles. The number of amides is 1. The first-order chi connectivity index (χ1) is 12.0. The van der Waals surface area contributed by atoms with Crippen LogP contribution in [-0.4, -0.2) is 35.4 Å². The number of aromatic nitrogens is 2. The highest BCUT2D eigenvalue weighted by Crippen LogP contribution is 2.26. The molecule has 0 radical (unpaired) electrons. The van der Waals surface area contributed by atoms with Gasteiger partial charge in [0.1, 0.15) is 0 Å². The highest BCUT2D eigenvalue weighted by molar-refractivity contribution is 5.77. The van der Waals surface area contributed by atoms with Crippen molar-refractivity contribution in [2.75, 3.05) is 19.8 Å². The molecule has 6 nitrogen and oxygen atoms in total. The van der Waals surface area contributed by atoms with Crippen LogP contribution < -0.4 is 14.8 Å². The maximum atomic E-state index is 12.0. The predicted octanol–water partition coefficient (Wildman–Crippen LogP) is 2.73. The van der Waals surface area contributed by atoms with E-state index in [0.29, 0.717) is 24.7 Å². The van der Waals surface area contributed by atoms with Crippen molar-refractivity contribution in [3.8, 4) is 11.5 Å². The van der Waals surface area contributed by atoms with E-state index in [0.717, 1.165) is 17.9 Å². The molecule has 2 rings (SSSR count). The van der Waals surface area contributed by atoms with Gasteiger partial charge in [-0.3, -0.25) is 9.48 Å². The van der Waals surface area contributed by atoms with E-state index >= 15 is 0 Å². The van der Waals surface area contributed by atoms with Gasteiger partial charge in [-0.25, -0.2) is 0 Å². The lowest BCUT2D eigenvalue weighted by molar-refractivity contribution is -0.123. The first-order valence-electron chi connectivity index (χ1n) is 8.62. The number of aryl methyl sites for hydroxylation is 2. The second kappa shape index (κ2) is 9.11. The Labute approximate surface area is 149 Å². The summed E-state index contributed by atoms with van der Waals surface area (Å²) in [4.78, 5) is 12.0. The molecule has 2 aromatic rings. The van der Waals surface area contributed by atoms with Crippen LogP contribution >= 0.6 is 0 Å². The topological polar surface area (TPSA) is 65.4 Å². The minimum absolute atomic E-state index is 0.0310. The zero-order valence-electron chi connectivity index (χ0n) is 15.4. The number of nitrogens with one attached hydrogen (secondary N) is 1. The molecule has 25 heavy (non-hydrogen) atoms. The van der Waals surface area contributed by atoms with Crippen LogP contribution in [0.15, 0.2) is 30.3 Å². The van der Waals surface area contributed by atoms with Crippen LogP contribution in [-0.2, 0) is 11.3 Å². The highest BCUT2D eigenvalue weighted by atomic mass is 16.5. The van der Waals surface area contributed by atoms with Gasteiger partial charge in [-0.1, -0.05) is 19.1 Å². The van der Waals surface area contributed by atoms with Crippen LogP contribution in [0, 0.1) is 19.8 Å². The molecule has 136 valence electrons. The molecular formula is C19H27N3O3. The molecular weight excluding hydrogens is 318 g/mol. The standard InChI is InChI=1S/C19H27N3O3/c1-5-24-17-8-6-7-9-18(17)25-13-19(23)20-11-14(2)12-22-16(4)10-15(3)21-22/h6-10,14H,5,11-13H2,1-4H3,(H,20,23). The van der Waals surface area contributed by atoms with Gasteiger partial charge in [0.2, 0.25) is 0 Å². The Morgan fingerprint density at radius 3 is 2.52 bits per heavy atom. The molecule has 1 heterocycles. The van der Waals surface area contributed by atoms with Crippen molar-refractivity contribution in [1.82, 2.24) is 15.1 Å². The Hall–Kier alpha value is -2.50. The SMILES string of the molecule is CCOc1ccccc1OCC(=O)NCC(C)Cn1nc(C)cc1C. The summed E-state index contributed by atoms with van der Waals surface area (Å²) in [5, 5.41) is 7.35. The van der Waals surface area contributed by atoms with Crippen molar-refractivity contribution >= 4 is 5.91 Å². The summed E-state index contributed by atoms with van der Waals surface area (Å²) in [5.41, 5.74) is 2.14. The molecule has 1 aromatic carbocycles. The normalized spacial score (nSPS) is 11.8. The molecule has 0 saturated carbocycles. The van der Waals surface area contributed by atoms with Crippen LogP contribution in [0.25, 0.3) is 0 Å². The number of hydrogen-bond donors (Lipinski definition) is 1. The summed E-state index contributed by atoms with van der Waals surface area (Å²) in [6, 6.07) is 9.40. The molecule has 1 N–H and O–H groups in total. The molecule has 1 amide bonds. The zero-order valence-corrected chi connectivity index (χ0v) is 15.4. The Balaban J connectivity index is 1.76. The largest absolute Gasteiger partial charge is 0.490 e. The third-order valence-corrected chi connectivity index (χ3v) is 3.74. The van der Waals surface area contributed by atoms with Crippen molar-refractivity contribution in [2.45, 2.75) is 34.2 Å². The van der Waals surface area contributed by atoms with E-state index in [4.69, 9.17) is 9.47 Å². The van der Waals surface area contributed by atoms with E-state index in [9.17, 15) is 4.79 Å². The molecule has 0 spiro atoms. The summed E-state index contributed by atoms with van der Waals surface area (Å²) in [6.07, 6.45) is 0. The lowest BCUT2D eigenvalue weighted by Gasteiger charge is -2.15. The number of benzene rings is 1. The number of hydrogen-bond acceptors (Lipinski definition) is 4. The molecule has 1 unspecified atom stereocenters. The van der Waals surface area contributed by atoms with Crippen molar-refractivity contribution < 1.29 is 14.3 Å². The summed E-state index contributed by atoms with van der Waals surface area (Å²) in [5.74, 6) is 1.36. The van der Waals surface area contributed by atoms with E-state index in [1.807, 2.05) is 43.7 Å². The van der Waals surface area contributed by atoms with E-state index < -0.39 is 0 Å². The molecule has 1 atom stereocenters. The van der Waals surface area contributed by atoms with Gasteiger partial charge in [-0.2, -0.15) is 5.10 Å². The van der Waals surface area contributed by atoms with Crippen molar-refractivity contribution in [3.05, 3.63) is 41.7 Å². The molecule has 0 aliphatic heterocycles. The Morgan fingerprint density at radius 2 is 1.92 bits per heavy atom. The van der Waals surface area contributed by atoms with Gasteiger partial charge in [-0.15, -0.1) is 0 Å². The van der Waals surface area contributed by atoms with E-state index in [1.54, 1.807) is 6.07 Å². The van der Waals surface area contributed by atoms with Gasteiger partial charge in [0.05, 0.1) is 12.3 Å². The Bertz CT molecular complexity index is 697. The van der Waals surface area contributed by atoms with E-state index in [1.165, 1.54) is 0 Å². The minimum atomic E-state index is -0.147.